The average Bonchev–Trinajstić information content (AvgIpc) is 3.39. The normalized spacial score (nSPS) is 15.4. The van der Waals surface area contributed by atoms with Gasteiger partial charge in [0.1, 0.15) is 33.3 Å². The van der Waals surface area contributed by atoms with Gasteiger partial charge in [-0.3, -0.25) is 29.1 Å². The topological polar surface area (TPSA) is 243 Å². The highest BCUT2D eigenvalue weighted by Crippen LogP contribution is 2.40. The SMILES string of the molecule is CCOC(=O)/C(Cl)=C/c1cc(N2C(=O)C3=C(CCCC3)C2=O)ccc1Cl.CP(=O)(O)CCC(N)C(=O)O.Nc1c([N+](=O)[O-])ccc(Oc2ccccc2)c1Cl. The van der Waals surface area contributed by atoms with Crippen molar-refractivity contribution in [3.63, 3.8) is 0 Å². The van der Waals surface area contributed by atoms with Crippen molar-refractivity contribution in [3.05, 3.63) is 103 Å². The van der Waals surface area contributed by atoms with Crippen LogP contribution in [-0.2, 0) is 28.5 Å². The molecule has 0 spiro atoms. The van der Waals surface area contributed by atoms with Gasteiger partial charge in [-0.25, -0.2) is 9.69 Å². The van der Waals surface area contributed by atoms with Gasteiger partial charge in [-0.1, -0.05) is 53.0 Å². The van der Waals surface area contributed by atoms with Crippen LogP contribution in [0.15, 0.2) is 76.8 Å². The van der Waals surface area contributed by atoms with Crippen molar-refractivity contribution < 1.29 is 48.1 Å². The summed E-state index contributed by atoms with van der Waals surface area (Å²) in [6.07, 6.45) is 4.45. The monoisotopic (exact) mass is 838 g/mol. The van der Waals surface area contributed by atoms with Gasteiger partial charge in [0.05, 0.1) is 17.2 Å². The minimum atomic E-state index is -3.10. The fraction of sp³-hybridized carbons (Fsp3) is 0.278. The van der Waals surface area contributed by atoms with Gasteiger partial charge in [0.2, 0.25) is 0 Å². The molecule has 2 aliphatic rings. The van der Waals surface area contributed by atoms with Crippen LogP contribution >= 0.6 is 42.2 Å². The molecule has 0 fully saturated rings. The Balaban J connectivity index is 0.000000243. The molecule has 1 aliphatic carbocycles. The van der Waals surface area contributed by atoms with Gasteiger partial charge in [-0.15, -0.1) is 0 Å². The van der Waals surface area contributed by atoms with Gasteiger partial charge < -0.3 is 30.9 Å². The molecule has 1 aliphatic heterocycles. The fourth-order valence-corrected chi connectivity index (χ4v) is 6.37. The molecule has 6 N–H and O–H groups in total. The molecule has 3 aromatic carbocycles. The fourth-order valence-electron chi connectivity index (χ4n) is 5.07. The molecule has 0 bridgehead atoms. The van der Waals surface area contributed by atoms with Crippen LogP contribution in [0.5, 0.6) is 11.5 Å². The second-order valence-corrected chi connectivity index (χ2v) is 15.8. The van der Waals surface area contributed by atoms with Gasteiger partial charge in [0, 0.05) is 35.1 Å². The van der Waals surface area contributed by atoms with Gasteiger partial charge in [-0.2, -0.15) is 0 Å². The maximum absolute atomic E-state index is 12.7. The lowest BCUT2D eigenvalue weighted by Gasteiger charge is -2.16. The highest BCUT2D eigenvalue weighted by molar-refractivity contribution is 7.57. The third kappa shape index (κ3) is 12.6. The molecular formula is C36H38Cl3N4O11P. The van der Waals surface area contributed by atoms with E-state index < -0.39 is 30.3 Å². The van der Waals surface area contributed by atoms with E-state index in [4.69, 9.17) is 65.7 Å². The average molecular weight is 840 g/mol. The maximum Gasteiger partial charge on any atom is 0.349 e. The van der Waals surface area contributed by atoms with Crippen molar-refractivity contribution in [1.82, 2.24) is 0 Å². The standard InChI is InChI=1S/C19H17Cl2NO4.C12H9ClN2O3.C5H12NO4P/c1-2-26-19(25)16(21)10-11-9-12(7-8-15(11)20)22-17(23)13-5-3-4-6-14(13)18(22)24;13-11-10(18-8-4-2-1-3-5-8)7-6-9(12(11)14)15(16)17;1-11(9,10)3-2-4(6)5(7)8/h7-10H,2-6H2,1H3;1-7H,14H2;4H,2-3,6H2,1H3,(H,7,8)(H,9,10)/b16-10-;;. The molecule has 3 aromatic rings. The van der Waals surface area contributed by atoms with Crippen LogP contribution in [0.3, 0.4) is 0 Å². The second-order valence-electron chi connectivity index (χ2n) is 12.0. The summed E-state index contributed by atoms with van der Waals surface area (Å²) in [4.78, 5) is 67.1. The van der Waals surface area contributed by atoms with Crippen LogP contribution in [0.2, 0.25) is 10.0 Å². The van der Waals surface area contributed by atoms with E-state index in [0.29, 0.717) is 46.0 Å². The number of rotatable bonds is 11. The second kappa shape index (κ2) is 20.2. The molecule has 2 amide bonds. The number of nitrogen functional groups attached to an aromatic ring is 1. The number of para-hydroxylation sites is 1. The Morgan fingerprint density at radius 1 is 1.05 bits per heavy atom. The van der Waals surface area contributed by atoms with Crippen LogP contribution in [-0.4, -0.2) is 64.2 Å². The Bertz CT molecular complexity index is 2030. The first kappa shape index (κ1) is 44.6. The third-order valence-electron chi connectivity index (χ3n) is 7.84. The molecule has 0 saturated heterocycles. The third-order valence-corrected chi connectivity index (χ3v) is 9.93. The molecule has 19 heteroatoms. The number of imide groups is 1. The molecular weight excluding hydrogens is 802 g/mol. The molecule has 2 atom stereocenters. The first-order valence-corrected chi connectivity index (χ1v) is 20.0. The Hall–Kier alpha value is -4.76. The van der Waals surface area contributed by atoms with Crippen LogP contribution < -0.4 is 21.1 Å². The van der Waals surface area contributed by atoms with Crippen molar-refractivity contribution >= 4 is 89.1 Å². The van der Waals surface area contributed by atoms with Gasteiger partial charge in [-0.05, 0) is 87.1 Å². The highest BCUT2D eigenvalue weighted by Gasteiger charge is 2.39. The Morgan fingerprint density at radius 2 is 1.65 bits per heavy atom. The number of hydrogen-bond acceptors (Lipinski definition) is 11. The summed E-state index contributed by atoms with van der Waals surface area (Å²) in [7, 11) is -3.10. The molecule has 5 rings (SSSR count). The number of carboxylic acid groups (broad SMARTS) is 1. The number of nitrogens with zero attached hydrogens (tertiary/aromatic N) is 2. The Kier molecular flexibility index (Phi) is 16.4. The number of amides is 2. The number of esters is 1. The van der Waals surface area contributed by atoms with Crippen molar-refractivity contribution in [1.29, 1.82) is 0 Å². The first-order chi connectivity index (χ1) is 25.9. The van der Waals surface area contributed by atoms with E-state index in [0.717, 1.165) is 12.8 Å². The number of ether oxygens (including phenoxy) is 2. The molecule has 2 unspecified atom stereocenters. The zero-order valence-corrected chi connectivity index (χ0v) is 32.7. The number of nitro groups is 1. The van der Waals surface area contributed by atoms with Crippen molar-refractivity contribution in [2.45, 2.75) is 45.1 Å². The number of carboxylic acids is 1. The van der Waals surface area contributed by atoms with E-state index in [9.17, 15) is 33.9 Å². The number of halogens is 3. The van der Waals surface area contributed by atoms with E-state index >= 15 is 0 Å². The molecule has 15 nitrogen and oxygen atoms in total. The van der Waals surface area contributed by atoms with E-state index in [1.807, 2.05) is 6.07 Å². The largest absolute Gasteiger partial charge is 0.480 e. The number of hydrogen-bond donors (Lipinski definition) is 4. The highest BCUT2D eigenvalue weighted by atomic mass is 35.5. The zero-order chi connectivity index (χ0) is 41.0. The number of aliphatic carboxylic acids is 1. The van der Waals surface area contributed by atoms with Crippen molar-refractivity contribution in [3.8, 4) is 11.5 Å². The maximum atomic E-state index is 12.7. The lowest BCUT2D eigenvalue weighted by molar-refractivity contribution is -0.383. The molecule has 55 heavy (non-hydrogen) atoms. The zero-order valence-electron chi connectivity index (χ0n) is 29.6. The van der Waals surface area contributed by atoms with Gasteiger partial charge >= 0.3 is 11.9 Å². The summed E-state index contributed by atoms with van der Waals surface area (Å²) in [5.41, 5.74) is 12.4. The van der Waals surface area contributed by atoms with E-state index in [2.05, 4.69) is 0 Å². The minimum Gasteiger partial charge on any atom is -0.480 e. The predicted molar refractivity (Wildman–Crippen MR) is 210 cm³/mol. The summed E-state index contributed by atoms with van der Waals surface area (Å²) < 4.78 is 21.0. The summed E-state index contributed by atoms with van der Waals surface area (Å²) in [6, 6.07) is 15.3. The molecule has 1 heterocycles. The number of nitro benzene ring substituents is 1. The van der Waals surface area contributed by atoms with Gasteiger partial charge in [0.15, 0.2) is 7.37 Å². The van der Waals surface area contributed by atoms with Gasteiger partial charge in [0.25, 0.3) is 17.5 Å². The smallest absolute Gasteiger partial charge is 0.349 e. The van der Waals surface area contributed by atoms with Crippen LogP contribution in [0.25, 0.3) is 6.08 Å². The summed E-state index contributed by atoms with van der Waals surface area (Å²) in [5.74, 6) is -1.50. The van der Waals surface area contributed by atoms with E-state index in [1.54, 1.807) is 49.4 Å². The van der Waals surface area contributed by atoms with Crippen molar-refractivity contribution in [2.75, 3.05) is 30.1 Å². The molecule has 294 valence electrons. The van der Waals surface area contributed by atoms with E-state index in [-0.39, 0.29) is 58.2 Å². The lowest BCUT2D eigenvalue weighted by Crippen LogP contribution is -2.31. The van der Waals surface area contributed by atoms with Crippen molar-refractivity contribution in [2.24, 2.45) is 5.73 Å². The number of nitrogens with two attached hydrogens (primary N) is 2. The lowest BCUT2D eigenvalue weighted by atomic mass is 9.93. The molecule has 0 aromatic heterocycles. The predicted octanol–water partition coefficient (Wildman–Crippen LogP) is 7.54. The Labute approximate surface area is 331 Å². The number of benzene rings is 3. The minimum absolute atomic E-state index is 0.0352. The molecule has 0 saturated carbocycles. The number of anilines is 2. The summed E-state index contributed by atoms with van der Waals surface area (Å²) in [5, 5.41) is 19.2. The summed E-state index contributed by atoms with van der Waals surface area (Å²) >= 11 is 18.1. The first-order valence-electron chi connectivity index (χ1n) is 16.5. The molecule has 0 radical (unpaired) electrons. The van der Waals surface area contributed by atoms with E-state index in [1.165, 1.54) is 29.8 Å². The summed E-state index contributed by atoms with van der Waals surface area (Å²) in [6.45, 7) is 3.06. The van der Waals surface area contributed by atoms with Crippen LogP contribution in [0, 0.1) is 10.1 Å². The van der Waals surface area contributed by atoms with Crippen LogP contribution in [0.4, 0.5) is 17.1 Å². The quantitative estimate of drug-likeness (QED) is 0.0278. The van der Waals surface area contributed by atoms with Crippen LogP contribution in [0.1, 0.15) is 44.6 Å². The number of carbonyl (C=O) groups excluding carboxylic acids is 3. The Morgan fingerprint density at radius 3 is 2.18 bits per heavy atom. The number of carbonyl (C=O) groups is 4.